The van der Waals surface area contributed by atoms with Crippen LogP contribution < -0.4 is 0 Å². The first-order chi connectivity index (χ1) is 12.1. The van der Waals surface area contributed by atoms with E-state index < -0.39 is 0 Å². The Morgan fingerprint density at radius 2 is 1.84 bits per heavy atom. The molecule has 25 heavy (non-hydrogen) atoms. The molecule has 4 rings (SSSR count). The number of hydrogen-bond donors (Lipinski definition) is 2. The zero-order valence-corrected chi connectivity index (χ0v) is 15.2. The number of fused-ring (bicyclic) bond motifs is 2. The van der Waals surface area contributed by atoms with Gasteiger partial charge in [-0.05, 0) is 56.4 Å². The van der Waals surface area contributed by atoms with Crippen LogP contribution in [0.4, 0.5) is 0 Å². The van der Waals surface area contributed by atoms with Crippen molar-refractivity contribution in [2.75, 3.05) is 7.05 Å². The maximum atomic E-state index is 13.0. The van der Waals surface area contributed by atoms with Gasteiger partial charge in [0.1, 0.15) is 0 Å². The molecule has 2 aromatic rings. The highest BCUT2D eigenvalue weighted by molar-refractivity contribution is 5.93. The average Bonchev–Trinajstić information content (AvgIpc) is 3.10. The number of nitrogens with zero attached hydrogens (tertiary/aromatic N) is 3. The van der Waals surface area contributed by atoms with Crippen molar-refractivity contribution < 1.29 is 4.79 Å². The van der Waals surface area contributed by atoms with Gasteiger partial charge in [-0.3, -0.25) is 15.0 Å². The molecule has 0 aromatic carbocycles. The third-order valence-electron chi connectivity index (χ3n) is 5.72. The molecule has 0 spiro atoms. The van der Waals surface area contributed by atoms with Gasteiger partial charge in [-0.1, -0.05) is 13.3 Å². The van der Waals surface area contributed by atoms with Crippen molar-refractivity contribution in [2.24, 2.45) is 5.92 Å². The number of aromatic nitrogens is 4. The zero-order valence-electron chi connectivity index (χ0n) is 15.2. The average molecular weight is 341 g/mol. The van der Waals surface area contributed by atoms with Gasteiger partial charge < -0.3 is 4.90 Å². The molecule has 0 fully saturated rings. The molecule has 6 heteroatoms. The van der Waals surface area contributed by atoms with Crippen molar-refractivity contribution in [1.82, 2.24) is 25.3 Å². The minimum atomic E-state index is -0.00280. The van der Waals surface area contributed by atoms with Gasteiger partial charge in [0.05, 0.1) is 12.2 Å². The number of amides is 1. The highest BCUT2D eigenvalue weighted by Crippen LogP contribution is 2.27. The summed E-state index contributed by atoms with van der Waals surface area (Å²) in [5.41, 5.74) is 6.48. The summed E-state index contributed by atoms with van der Waals surface area (Å²) in [5.74, 6) is 0.612. The summed E-state index contributed by atoms with van der Waals surface area (Å²) in [6.07, 6.45) is 8.95. The van der Waals surface area contributed by atoms with Gasteiger partial charge in [-0.15, -0.1) is 0 Å². The van der Waals surface area contributed by atoms with Crippen LogP contribution in [0, 0.1) is 5.92 Å². The van der Waals surface area contributed by atoms with Crippen molar-refractivity contribution in [3.8, 4) is 0 Å². The lowest BCUT2D eigenvalue weighted by Crippen LogP contribution is -2.28. The predicted molar refractivity (Wildman–Crippen MR) is 95.4 cm³/mol. The van der Waals surface area contributed by atoms with E-state index in [0.717, 1.165) is 49.1 Å². The number of nitrogens with one attached hydrogen (secondary N) is 2. The monoisotopic (exact) mass is 341 g/mol. The molecule has 1 amide bonds. The van der Waals surface area contributed by atoms with Crippen LogP contribution in [0.3, 0.4) is 0 Å². The Bertz CT molecular complexity index is 775. The Balaban J connectivity index is 1.52. The highest BCUT2D eigenvalue weighted by atomic mass is 16.2. The van der Waals surface area contributed by atoms with Gasteiger partial charge in [-0.2, -0.15) is 10.2 Å². The van der Waals surface area contributed by atoms with Gasteiger partial charge >= 0.3 is 0 Å². The summed E-state index contributed by atoms with van der Waals surface area (Å²) in [6.45, 7) is 2.79. The van der Waals surface area contributed by atoms with E-state index >= 15 is 0 Å². The third-order valence-corrected chi connectivity index (χ3v) is 5.72. The van der Waals surface area contributed by atoms with Crippen molar-refractivity contribution in [1.29, 1.82) is 0 Å². The van der Waals surface area contributed by atoms with Crippen LogP contribution in [0.15, 0.2) is 0 Å². The van der Waals surface area contributed by atoms with E-state index in [1.807, 2.05) is 7.05 Å². The lowest BCUT2D eigenvalue weighted by molar-refractivity contribution is 0.0776. The molecule has 0 saturated heterocycles. The molecule has 2 aliphatic carbocycles. The molecular formula is C19H27N5O. The van der Waals surface area contributed by atoms with Crippen LogP contribution in [0.2, 0.25) is 0 Å². The molecule has 0 unspecified atom stereocenters. The number of H-pyrrole nitrogens is 2. The number of rotatable bonds is 3. The molecule has 0 saturated carbocycles. The molecule has 2 aliphatic rings. The Hall–Kier alpha value is -2.11. The number of hydrogen-bond acceptors (Lipinski definition) is 3. The van der Waals surface area contributed by atoms with Crippen LogP contribution in [-0.4, -0.2) is 38.2 Å². The number of carbonyl (C=O) groups is 1. The van der Waals surface area contributed by atoms with E-state index in [1.54, 1.807) is 4.90 Å². The summed E-state index contributed by atoms with van der Waals surface area (Å²) < 4.78 is 0. The molecule has 0 aliphatic heterocycles. The predicted octanol–water partition coefficient (Wildman–Crippen LogP) is 2.80. The standard InChI is InChI=1S/C19H27N5O/c1-12-8-9-16-14(10-12)18(23-21-16)19(25)24(2)11-17-13-6-4-3-5-7-15(13)20-22-17/h12H,3-11H2,1-2H3,(H,20,22)(H,21,23)/t12-/m1/s1. The van der Waals surface area contributed by atoms with E-state index in [2.05, 4.69) is 27.3 Å². The number of aryl methyl sites for hydroxylation is 2. The zero-order chi connectivity index (χ0) is 17.4. The summed E-state index contributed by atoms with van der Waals surface area (Å²) in [7, 11) is 1.85. The smallest absolute Gasteiger partial charge is 0.274 e. The van der Waals surface area contributed by atoms with Crippen molar-refractivity contribution >= 4 is 5.91 Å². The van der Waals surface area contributed by atoms with Crippen molar-refractivity contribution in [2.45, 2.75) is 64.8 Å². The first-order valence-corrected chi connectivity index (χ1v) is 9.50. The first kappa shape index (κ1) is 16.4. The fourth-order valence-corrected chi connectivity index (χ4v) is 4.18. The Kier molecular flexibility index (Phi) is 4.36. The summed E-state index contributed by atoms with van der Waals surface area (Å²) in [6, 6.07) is 0. The van der Waals surface area contributed by atoms with Gasteiger partial charge in [0.2, 0.25) is 0 Å². The molecular weight excluding hydrogens is 314 g/mol. The number of carbonyl (C=O) groups excluding carboxylic acids is 1. The largest absolute Gasteiger partial charge is 0.334 e. The Labute approximate surface area is 148 Å². The fraction of sp³-hybridized carbons (Fsp3) is 0.632. The minimum Gasteiger partial charge on any atom is -0.334 e. The topological polar surface area (TPSA) is 77.7 Å². The van der Waals surface area contributed by atoms with E-state index in [-0.39, 0.29) is 5.91 Å². The van der Waals surface area contributed by atoms with E-state index in [1.165, 1.54) is 30.5 Å². The SMILES string of the molecule is C[C@@H]1CCc2[nH]nc(C(=O)N(C)Cc3n[nH]c4c3CCCCC4)c2C1. The molecule has 2 aromatic heterocycles. The lowest BCUT2D eigenvalue weighted by Gasteiger charge is -2.20. The van der Waals surface area contributed by atoms with E-state index in [9.17, 15) is 4.79 Å². The molecule has 134 valence electrons. The second-order valence-electron chi connectivity index (χ2n) is 7.73. The van der Waals surface area contributed by atoms with E-state index in [0.29, 0.717) is 18.2 Å². The fourth-order valence-electron chi connectivity index (χ4n) is 4.18. The van der Waals surface area contributed by atoms with E-state index in [4.69, 9.17) is 0 Å². The maximum absolute atomic E-state index is 13.0. The minimum absolute atomic E-state index is 0.00280. The van der Waals surface area contributed by atoms with Gasteiger partial charge in [0, 0.05) is 24.0 Å². The quantitative estimate of drug-likeness (QED) is 0.843. The molecule has 0 bridgehead atoms. The molecule has 2 heterocycles. The third kappa shape index (κ3) is 3.10. The first-order valence-electron chi connectivity index (χ1n) is 9.50. The van der Waals surface area contributed by atoms with Gasteiger partial charge in [-0.25, -0.2) is 0 Å². The van der Waals surface area contributed by atoms with Crippen LogP contribution >= 0.6 is 0 Å². The van der Waals surface area contributed by atoms with Gasteiger partial charge in [0.25, 0.3) is 5.91 Å². The van der Waals surface area contributed by atoms with Crippen LogP contribution in [0.25, 0.3) is 0 Å². The molecule has 2 N–H and O–H groups in total. The number of aromatic amines is 2. The maximum Gasteiger partial charge on any atom is 0.274 e. The second kappa shape index (κ2) is 6.65. The normalized spacial score (nSPS) is 19.8. The summed E-state index contributed by atoms with van der Waals surface area (Å²) >= 11 is 0. The van der Waals surface area contributed by atoms with Crippen molar-refractivity contribution in [3.63, 3.8) is 0 Å². The van der Waals surface area contributed by atoms with Crippen LogP contribution in [-0.2, 0) is 32.2 Å². The molecule has 0 radical (unpaired) electrons. The van der Waals surface area contributed by atoms with Crippen LogP contribution in [0.1, 0.15) is 71.3 Å². The Morgan fingerprint density at radius 1 is 1.08 bits per heavy atom. The van der Waals surface area contributed by atoms with Gasteiger partial charge in [0.15, 0.2) is 5.69 Å². The lowest BCUT2D eigenvalue weighted by atomic mass is 9.87. The molecule has 1 atom stereocenters. The summed E-state index contributed by atoms with van der Waals surface area (Å²) in [5, 5.41) is 15.1. The van der Waals surface area contributed by atoms with Crippen molar-refractivity contribution in [3.05, 3.63) is 33.9 Å². The Morgan fingerprint density at radius 3 is 2.72 bits per heavy atom. The molecule has 6 nitrogen and oxygen atoms in total. The highest BCUT2D eigenvalue weighted by Gasteiger charge is 2.27. The van der Waals surface area contributed by atoms with Crippen LogP contribution in [0.5, 0.6) is 0 Å². The second-order valence-corrected chi connectivity index (χ2v) is 7.73. The summed E-state index contributed by atoms with van der Waals surface area (Å²) in [4.78, 5) is 14.7.